The van der Waals surface area contributed by atoms with Crippen LogP contribution in [0.1, 0.15) is 60.3 Å². The van der Waals surface area contributed by atoms with Crippen molar-refractivity contribution in [1.82, 2.24) is 10.2 Å². The first-order valence-corrected chi connectivity index (χ1v) is 8.41. The van der Waals surface area contributed by atoms with Crippen LogP contribution in [0.3, 0.4) is 0 Å². The smallest absolute Gasteiger partial charge is 0.0159 e. The van der Waals surface area contributed by atoms with Crippen molar-refractivity contribution in [1.29, 1.82) is 0 Å². The summed E-state index contributed by atoms with van der Waals surface area (Å²) < 4.78 is 0. The highest BCUT2D eigenvalue weighted by atomic mass is 15.2. The second kappa shape index (κ2) is 6.13. The number of likely N-dealkylation sites (tertiary alicyclic amines) is 1. The zero-order valence-electron chi connectivity index (χ0n) is 13.7. The summed E-state index contributed by atoms with van der Waals surface area (Å²) in [4.78, 5) is 2.77. The van der Waals surface area contributed by atoms with Gasteiger partial charge in [0.05, 0.1) is 0 Å². The fourth-order valence-electron chi connectivity index (χ4n) is 4.31. The predicted octanol–water partition coefficient (Wildman–Crippen LogP) is 3.52. The SMILES string of the molecule is CCNC1C(CN2CC(C)CCC2C)CCC1(C)C. The van der Waals surface area contributed by atoms with Crippen LogP contribution in [0.25, 0.3) is 0 Å². The Morgan fingerprint density at radius 2 is 1.89 bits per heavy atom. The van der Waals surface area contributed by atoms with Crippen molar-refractivity contribution in [2.45, 2.75) is 72.4 Å². The summed E-state index contributed by atoms with van der Waals surface area (Å²) in [5.74, 6) is 1.74. The molecule has 0 aromatic heterocycles. The van der Waals surface area contributed by atoms with E-state index in [4.69, 9.17) is 0 Å². The molecule has 2 fully saturated rings. The van der Waals surface area contributed by atoms with E-state index in [0.29, 0.717) is 11.5 Å². The van der Waals surface area contributed by atoms with Gasteiger partial charge in [-0.2, -0.15) is 0 Å². The van der Waals surface area contributed by atoms with Crippen molar-refractivity contribution in [2.75, 3.05) is 19.6 Å². The molecule has 1 N–H and O–H groups in total. The van der Waals surface area contributed by atoms with Crippen LogP contribution in [-0.2, 0) is 0 Å². The van der Waals surface area contributed by atoms with Crippen molar-refractivity contribution in [3.8, 4) is 0 Å². The maximum absolute atomic E-state index is 3.77. The molecular formula is C17H34N2. The standard InChI is InChI=1S/C17H34N2/c1-6-18-16-15(9-10-17(16,4)5)12-19-11-13(2)7-8-14(19)3/h13-16,18H,6-12H2,1-5H3. The van der Waals surface area contributed by atoms with Crippen LogP contribution < -0.4 is 5.32 Å². The summed E-state index contributed by atoms with van der Waals surface area (Å²) in [6, 6.07) is 1.50. The quantitative estimate of drug-likeness (QED) is 0.837. The Balaban J connectivity index is 1.97. The number of nitrogens with zero attached hydrogens (tertiary/aromatic N) is 1. The Bertz CT molecular complexity index is 287. The van der Waals surface area contributed by atoms with E-state index < -0.39 is 0 Å². The first kappa shape index (κ1) is 15.3. The van der Waals surface area contributed by atoms with Gasteiger partial charge in [-0.25, -0.2) is 0 Å². The maximum Gasteiger partial charge on any atom is 0.0159 e. The third-order valence-electron chi connectivity index (χ3n) is 5.61. The lowest BCUT2D eigenvalue weighted by molar-refractivity contribution is 0.0936. The Morgan fingerprint density at radius 1 is 1.16 bits per heavy atom. The average Bonchev–Trinajstić information content (AvgIpc) is 2.62. The molecule has 1 heterocycles. The molecule has 112 valence electrons. The second-order valence-electron chi connectivity index (χ2n) is 7.81. The summed E-state index contributed by atoms with van der Waals surface area (Å²) in [6.45, 7) is 15.7. The van der Waals surface area contributed by atoms with Crippen LogP contribution in [0, 0.1) is 17.3 Å². The van der Waals surface area contributed by atoms with Crippen LogP contribution >= 0.6 is 0 Å². The molecule has 1 saturated heterocycles. The molecule has 0 aromatic carbocycles. The molecule has 0 radical (unpaired) electrons. The van der Waals surface area contributed by atoms with Crippen molar-refractivity contribution in [3.05, 3.63) is 0 Å². The Hall–Kier alpha value is -0.0800. The van der Waals surface area contributed by atoms with Crippen LogP contribution in [-0.4, -0.2) is 36.6 Å². The molecule has 2 aliphatic rings. The van der Waals surface area contributed by atoms with E-state index in [1.54, 1.807) is 0 Å². The van der Waals surface area contributed by atoms with E-state index in [1.807, 2.05) is 0 Å². The lowest BCUT2D eigenvalue weighted by atomic mass is 9.84. The van der Waals surface area contributed by atoms with E-state index in [1.165, 1.54) is 38.8 Å². The van der Waals surface area contributed by atoms with E-state index in [-0.39, 0.29) is 0 Å². The maximum atomic E-state index is 3.77. The molecule has 1 saturated carbocycles. The summed E-state index contributed by atoms with van der Waals surface area (Å²) in [7, 11) is 0. The van der Waals surface area contributed by atoms with Gasteiger partial charge in [-0.1, -0.05) is 27.7 Å². The van der Waals surface area contributed by atoms with Gasteiger partial charge in [-0.3, -0.25) is 0 Å². The zero-order chi connectivity index (χ0) is 14.0. The molecule has 0 amide bonds. The van der Waals surface area contributed by atoms with Crippen LogP contribution in [0.4, 0.5) is 0 Å². The van der Waals surface area contributed by atoms with E-state index >= 15 is 0 Å². The van der Waals surface area contributed by atoms with Gasteiger partial charge in [0, 0.05) is 25.2 Å². The van der Waals surface area contributed by atoms with Crippen molar-refractivity contribution >= 4 is 0 Å². The highest BCUT2D eigenvalue weighted by molar-refractivity contribution is 4.97. The first-order valence-electron chi connectivity index (χ1n) is 8.41. The van der Waals surface area contributed by atoms with Crippen LogP contribution in [0.2, 0.25) is 0 Å². The highest BCUT2D eigenvalue weighted by Gasteiger charge is 2.42. The van der Waals surface area contributed by atoms with Gasteiger partial charge in [-0.15, -0.1) is 0 Å². The molecular weight excluding hydrogens is 232 g/mol. The van der Waals surface area contributed by atoms with Crippen LogP contribution in [0.15, 0.2) is 0 Å². The molecule has 2 nitrogen and oxygen atoms in total. The van der Waals surface area contributed by atoms with Gasteiger partial charge < -0.3 is 10.2 Å². The molecule has 0 spiro atoms. The second-order valence-corrected chi connectivity index (χ2v) is 7.81. The van der Waals surface area contributed by atoms with Gasteiger partial charge in [-0.05, 0) is 56.4 Å². The normalized spacial score (nSPS) is 39.6. The van der Waals surface area contributed by atoms with E-state index in [9.17, 15) is 0 Å². The van der Waals surface area contributed by atoms with Crippen molar-refractivity contribution in [3.63, 3.8) is 0 Å². The van der Waals surface area contributed by atoms with Gasteiger partial charge in [0.1, 0.15) is 0 Å². The molecule has 2 heteroatoms. The molecule has 4 atom stereocenters. The number of hydrogen-bond acceptors (Lipinski definition) is 2. The lowest BCUT2D eigenvalue weighted by Crippen LogP contribution is -2.49. The van der Waals surface area contributed by atoms with E-state index in [0.717, 1.165) is 24.4 Å². The molecule has 19 heavy (non-hydrogen) atoms. The highest BCUT2D eigenvalue weighted by Crippen LogP contribution is 2.42. The van der Waals surface area contributed by atoms with Crippen LogP contribution in [0.5, 0.6) is 0 Å². The fraction of sp³-hybridized carbons (Fsp3) is 1.00. The topological polar surface area (TPSA) is 15.3 Å². The van der Waals surface area contributed by atoms with Gasteiger partial charge >= 0.3 is 0 Å². The number of hydrogen-bond donors (Lipinski definition) is 1. The average molecular weight is 266 g/mol. The minimum atomic E-state index is 0.477. The summed E-state index contributed by atoms with van der Waals surface area (Å²) in [6.07, 6.45) is 5.60. The van der Waals surface area contributed by atoms with Crippen molar-refractivity contribution in [2.24, 2.45) is 17.3 Å². The number of piperidine rings is 1. The first-order chi connectivity index (χ1) is 8.94. The Morgan fingerprint density at radius 3 is 2.58 bits per heavy atom. The Kier molecular flexibility index (Phi) is 4.94. The number of nitrogens with one attached hydrogen (secondary N) is 1. The third kappa shape index (κ3) is 3.52. The van der Waals surface area contributed by atoms with Gasteiger partial charge in [0.25, 0.3) is 0 Å². The van der Waals surface area contributed by atoms with E-state index in [2.05, 4.69) is 44.8 Å². The van der Waals surface area contributed by atoms with Gasteiger partial charge in [0.15, 0.2) is 0 Å². The zero-order valence-corrected chi connectivity index (χ0v) is 13.7. The monoisotopic (exact) mass is 266 g/mol. The molecule has 4 unspecified atom stereocenters. The lowest BCUT2D eigenvalue weighted by Gasteiger charge is -2.40. The minimum absolute atomic E-state index is 0.477. The molecule has 0 aromatic rings. The predicted molar refractivity (Wildman–Crippen MR) is 83.4 cm³/mol. The molecule has 0 bridgehead atoms. The molecule has 1 aliphatic heterocycles. The minimum Gasteiger partial charge on any atom is -0.313 e. The molecule has 2 rings (SSSR count). The fourth-order valence-corrected chi connectivity index (χ4v) is 4.31. The number of rotatable bonds is 4. The Labute approximate surface area is 120 Å². The van der Waals surface area contributed by atoms with Gasteiger partial charge in [0.2, 0.25) is 0 Å². The summed E-state index contributed by atoms with van der Waals surface area (Å²) >= 11 is 0. The summed E-state index contributed by atoms with van der Waals surface area (Å²) in [5, 5.41) is 3.77. The third-order valence-corrected chi connectivity index (χ3v) is 5.61. The largest absolute Gasteiger partial charge is 0.313 e. The molecule has 1 aliphatic carbocycles. The van der Waals surface area contributed by atoms with Crippen molar-refractivity contribution < 1.29 is 0 Å². The summed E-state index contributed by atoms with van der Waals surface area (Å²) in [5.41, 5.74) is 0.477.